The molecule has 0 radical (unpaired) electrons. The Hall–Kier alpha value is -0.120. The van der Waals surface area contributed by atoms with Crippen molar-refractivity contribution in [2.75, 3.05) is 40.5 Å². The van der Waals surface area contributed by atoms with Gasteiger partial charge in [-0.25, -0.2) is 0 Å². The molecule has 3 heteroatoms. The summed E-state index contributed by atoms with van der Waals surface area (Å²) >= 11 is 0. The fraction of sp³-hybridized carbons (Fsp3) is 1.00. The van der Waals surface area contributed by atoms with Crippen LogP contribution in [0.1, 0.15) is 12.8 Å². The van der Waals surface area contributed by atoms with Gasteiger partial charge in [0.1, 0.15) is 0 Å². The lowest BCUT2D eigenvalue weighted by Crippen LogP contribution is -2.56. The summed E-state index contributed by atoms with van der Waals surface area (Å²) in [7, 11) is 4.43. The van der Waals surface area contributed by atoms with Crippen LogP contribution in [0, 0.1) is 0 Å². The molecule has 0 atom stereocenters. The Morgan fingerprint density at radius 3 is 1.92 bits per heavy atom. The van der Waals surface area contributed by atoms with Gasteiger partial charge in [-0.15, -0.1) is 0 Å². The van der Waals surface area contributed by atoms with Crippen LogP contribution in [0.4, 0.5) is 0 Å². The molecule has 12 heavy (non-hydrogen) atoms. The van der Waals surface area contributed by atoms with E-state index in [1.54, 1.807) is 0 Å². The van der Waals surface area contributed by atoms with Crippen LogP contribution in [0.2, 0.25) is 0 Å². The first-order chi connectivity index (χ1) is 5.75. The number of nitrogens with zero attached hydrogens (tertiary/aromatic N) is 3. The van der Waals surface area contributed by atoms with Crippen LogP contribution < -0.4 is 0 Å². The van der Waals surface area contributed by atoms with Gasteiger partial charge < -0.3 is 0 Å². The Morgan fingerprint density at radius 2 is 1.42 bits per heavy atom. The molecule has 3 nitrogen and oxygen atoms in total. The molecule has 0 bridgehead atoms. The maximum Gasteiger partial charge on any atom is 0.0518 e. The third kappa shape index (κ3) is 1.63. The minimum Gasteiger partial charge on any atom is -0.293 e. The van der Waals surface area contributed by atoms with Crippen molar-refractivity contribution >= 4 is 0 Å². The van der Waals surface area contributed by atoms with E-state index in [0.717, 1.165) is 19.4 Å². The van der Waals surface area contributed by atoms with E-state index < -0.39 is 0 Å². The Balaban J connectivity index is 1.94. The van der Waals surface area contributed by atoms with Crippen LogP contribution in [-0.4, -0.2) is 61.3 Å². The molecule has 0 aromatic rings. The van der Waals surface area contributed by atoms with Crippen LogP contribution >= 0.6 is 0 Å². The molecule has 2 rings (SSSR count). The lowest BCUT2D eigenvalue weighted by molar-refractivity contribution is -0.0200. The average Bonchev–Trinajstić information content (AvgIpc) is 2.03. The highest BCUT2D eigenvalue weighted by molar-refractivity contribution is 4.81. The molecule has 2 fully saturated rings. The van der Waals surface area contributed by atoms with Crippen LogP contribution in [0.5, 0.6) is 0 Å². The zero-order valence-corrected chi connectivity index (χ0v) is 8.16. The fourth-order valence-corrected chi connectivity index (χ4v) is 2.29. The monoisotopic (exact) mass is 169 g/mol. The van der Waals surface area contributed by atoms with E-state index >= 15 is 0 Å². The summed E-state index contributed by atoms with van der Waals surface area (Å²) in [4.78, 5) is 7.42. The minimum absolute atomic E-state index is 0.873. The van der Waals surface area contributed by atoms with Gasteiger partial charge in [0.25, 0.3) is 0 Å². The van der Waals surface area contributed by atoms with Gasteiger partial charge >= 0.3 is 0 Å². The molecule has 2 heterocycles. The Labute approximate surface area is 74.9 Å². The second-order valence-electron chi connectivity index (χ2n) is 4.26. The minimum atomic E-state index is 0.873. The molecule has 0 aliphatic carbocycles. The molecule has 0 amide bonds. The maximum atomic E-state index is 2.59. The van der Waals surface area contributed by atoms with Gasteiger partial charge in [-0.2, -0.15) is 0 Å². The van der Waals surface area contributed by atoms with Gasteiger partial charge in [0.05, 0.1) is 13.3 Å². The maximum absolute atomic E-state index is 2.59. The van der Waals surface area contributed by atoms with Gasteiger partial charge in [0, 0.05) is 19.1 Å². The molecule has 0 saturated carbocycles. The highest BCUT2D eigenvalue weighted by Crippen LogP contribution is 2.19. The molecule has 0 aromatic carbocycles. The Morgan fingerprint density at radius 1 is 0.917 bits per heavy atom. The van der Waals surface area contributed by atoms with Crippen molar-refractivity contribution in [3.05, 3.63) is 0 Å². The summed E-state index contributed by atoms with van der Waals surface area (Å²) in [5.74, 6) is 0. The van der Waals surface area contributed by atoms with Gasteiger partial charge in [-0.3, -0.25) is 14.7 Å². The number of hydrogen-bond acceptors (Lipinski definition) is 3. The van der Waals surface area contributed by atoms with Crippen LogP contribution in [0.3, 0.4) is 0 Å². The van der Waals surface area contributed by atoms with Crippen LogP contribution in [0.25, 0.3) is 0 Å². The van der Waals surface area contributed by atoms with Crippen molar-refractivity contribution < 1.29 is 0 Å². The highest BCUT2D eigenvalue weighted by Gasteiger charge is 2.28. The third-order valence-electron chi connectivity index (χ3n) is 3.05. The summed E-state index contributed by atoms with van der Waals surface area (Å²) in [6.45, 7) is 4.89. The summed E-state index contributed by atoms with van der Waals surface area (Å²) in [5.41, 5.74) is 0. The Kier molecular flexibility index (Phi) is 2.35. The van der Waals surface area contributed by atoms with E-state index in [2.05, 4.69) is 28.8 Å². The van der Waals surface area contributed by atoms with E-state index in [1.807, 2.05) is 0 Å². The summed E-state index contributed by atoms with van der Waals surface area (Å²) in [6.07, 6.45) is 2.73. The van der Waals surface area contributed by atoms with Crippen molar-refractivity contribution in [2.24, 2.45) is 0 Å². The zero-order chi connectivity index (χ0) is 8.55. The predicted octanol–water partition coefficient (Wildman–Crippen LogP) is 0.243. The molecular formula is C9H19N3. The lowest BCUT2D eigenvalue weighted by atomic mass is 10.0. The van der Waals surface area contributed by atoms with Gasteiger partial charge in [-0.1, -0.05) is 0 Å². The molecule has 0 spiro atoms. The van der Waals surface area contributed by atoms with Gasteiger partial charge in [0.2, 0.25) is 0 Å². The summed E-state index contributed by atoms with van der Waals surface area (Å²) in [5, 5.41) is 0. The molecule has 2 aliphatic rings. The van der Waals surface area contributed by atoms with Crippen molar-refractivity contribution in [3.63, 3.8) is 0 Å². The first-order valence-electron chi connectivity index (χ1n) is 4.87. The van der Waals surface area contributed by atoms with E-state index in [4.69, 9.17) is 0 Å². The predicted molar refractivity (Wildman–Crippen MR) is 49.9 cm³/mol. The second kappa shape index (κ2) is 3.32. The SMILES string of the molecule is CN1CCC2CCN(C)CN2C1. The van der Waals surface area contributed by atoms with Crippen molar-refractivity contribution in [1.82, 2.24) is 14.7 Å². The first kappa shape index (κ1) is 8.48. The van der Waals surface area contributed by atoms with E-state index in [9.17, 15) is 0 Å². The smallest absolute Gasteiger partial charge is 0.0518 e. The molecule has 2 aliphatic heterocycles. The van der Waals surface area contributed by atoms with Crippen molar-refractivity contribution in [3.8, 4) is 0 Å². The standard InChI is InChI=1S/C9H19N3/c1-10-5-3-9-4-6-11(2)8-12(9)7-10/h9H,3-8H2,1-2H3. The summed E-state index contributed by atoms with van der Waals surface area (Å²) < 4.78 is 0. The highest BCUT2D eigenvalue weighted by atomic mass is 15.4. The third-order valence-corrected chi connectivity index (χ3v) is 3.05. The zero-order valence-electron chi connectivity index (χ0n) is 8.16. The molecule has 0 aromatic heterocycles. The van der Waals surface area contributed by atoms with Crippen molar-refractivity contribution in [1.29, 1.82) is 0 Å². The van der Waals surface area contributed by atoms with Gasteiger partial charge in [0.15, 0.2) is 0 Å². The number of hydrogen-bond donors (Lipinski definition) is 0. The van der Waals surface area contributed by atoms with E-state index in [1.165, 1.54) is 25.9 Å². The topological polar surface area (TPSA) is 9.72 Å². The fourth-order valence-electron chi connectivity index (χ4n) is 2.29. The van der Waals surface area contributed by atoms with Crippen LogP contribution in [-0.2, 0) is 0 Å². The van der Waals surface area contributed by atoms with E-state index in [0.29, 0.717) is 0 Å². The Bertz CT molecular complexity index is 144. The van der Waals surface area contributed by atoms with Crippen molar-refractivity contribution in [2.45, 2.75) is 18.9 Å². The lowest BCUT2D eigenvalue weighted by Gasteiger charge is -2.45. The molecule has 70 valence electrons. The largest absolute Gasteiger partial charge is 0.293 e. The number of rotatable bonds is 0. The van der Waals surface area contributed by atoms with E-state index in [-0.39, 0.29) is 0 Å². The quantitative estimate of drug-likeness (QED) is 0.514. The molecular weight excluding hydrogens is 150 g/mol. The second-order valence-corrected chi connectivity index (χ2v) is 4.26. The first-order valence-corrected chi connectivity index (χ1v) is 4.87. The molecule has 0 N–H and O–H groups in total. The van der Waals surface area contributed by atoms with Crippen LogP contribution in [0.15, 0.2) is 0 Å². The summed E-state index contributed by atoms with van der Waals surface area (Å²) in [6, 6.07) is 0.873. The van der Waals surface area contributed by atoms with Gasteiger partial charge in [-0.05, 0) is 26.9 Å². The molecule has 2 saturated heterocycles. The number of fused-ring (bicyclic) bond motifs is 1. The average molecular weight is 169 g/mol. The molecule has 0 unspecified atom stereocenters. The normalized spacial score (nSPS) is 30.5.